The number of nitrogens with zero attached hydrogens (tertiary/aromatic N) is 3. The molecule has 1 N–H and O–H groups in total. The molecule has 1 amide bonds. The Kier molecular flexibility index (Phi) is 7.70. The molecular formula is C25H22Cl2N4OS. The van der Waals surface area contributed by atoms with E-state index in [1.807, 2.05) is 53.1 Å². The molecule has 0 spiro atoms. The lowest BCUT2D eigenvalue weighted by Crippen LogP contribution is -2.24. The highest BCUT2D eigenvalue weighted by Gasteiger charge is 2.18. The Bertz CT molecular complexity index is 1240. The van der Waals surface area contributed by atoms with Crippen LogP contribution in [0.25, 0.3) is 5.69 Å². The predicted molar refractivity (Wildman–Crippen MR) is 134 cm³/mol. The number of benzene rings is 3. The molecule has 0 atom stereocenters. The summed E-state index contributed by atoms with van der Waals surface area (Å²) in [5.41, 5.74) is 3.66. The van der Waals surface area contributed by atoms with E-state index >= 15 is 0 Å². The highest BCUT2D eigenvalue weighted by atomic mass is 35.5. The third-order valence-electron chi connectivity index (χ3n) is 5.09. The van der Waals surface area contributed by atoms with Crippen LogP contribution in [-0.4, -0.2) is 20.7 Å². The smallest absolute Gasteiger partial charge is 0.251 e. The average molecular weight is 497 g/mol. The quantitative estimate of drug-likeness (QED) is 0.288. The van der Waals surface area contributed by atoms with Crippen LogP contribution in [0, 0.1) is 0 Å². The molecule has 0 unspecified atom stereocenters. The normalized spacial score (nSPS) is 10.9. The van der Waals surface area contributed by atoms with Gasteiger partial charge in [0.25, 0.3) is 5.91 Å². The Labute approximate surface area is 207 Å². The molecule has 0 radical (unpaired) electrons. The third kappa shape index (κ3) is 5.77. The molecule has 0 aliphatic rings. The number of hydrogen-bond acceptors (Lipinski definition) is 4. The summed E-state index contributed by atoms with van der Waals surface area (Å²) in [6.45, 7) is 2.28. The molecular weight excluding hydrogens is 475 g/mol. The van der Waals surface area contributed by atoms with Crippen molar-refractivity contribution in [3.8, 4) is 5.69 Å². The molecule has 4 rings (SSSR count). The van der Waals surface area contributed by atoms with Crippen LogP contribution in [0.5, 0.6) is 0 Å². The molecule has 0 fully saturated rings. The Morgan fingerprint density at radius 2 is 1.73 bits per heavy atom. The maximum Gasteiger partial charge on any atom is 0.251 e. The number of aryl methyl sites for hydroxylation is 1. The second-order valence-corrected chi connectivity index (χ2v) is 9.12. The first-order chi connectivity index (χ1) is 16.0. The first-order valence-corrected chi connectivity index (χ1v) is 12.2. The van der Waals surface area contributed by atoms with Gasteiger partial charge in [-0.2, -0.15) is 0 Å². The van der Waals surface area contributed by atoms with E-state index in [4.69, 9.17) is 23.2 Å². The van der Waals surface area contributed by atoms with Gasteiger partial charge in [-0.25, -0.2) is 0 Å². The topological polar surface area (TPSA) is 59.8 Å². The van der Waals surface area contributed by atoms with Crippen LogP contribution in [0.1, 0.15) is 34.2 Å². The molecule has 3 aromatic carbocycles. The summed E-state index contributed by atoms with van der Waals surface area (Å²) in [4.78, 5) is 12.7. The lowest BCUT2D eigenvalue weighted by Gasteiger charge is -2.13. The van der Waals surface area contributed by atoms with Gasteiger partial charge in [0.05, 0.1) is 17.3 Å². The van der Waals surface area contributed by atoms with E-state index in [2.05, 4.69) is 34.6 Å². The van der Waals surface area contributed by atoms with Gasteiger partial charge in [0.2, 0.25) is 0 Å². The first-order valence-electron chi connectivity index (χ1n) is 10.5. The summed E-state index contributed by atoms with van der Waals surface area (Å²) in [7, 11) is 0. The highest BCUT2D eigenvalue weighted by molar-refractivity contribution is 7.98. The van der Waals surface area contributed by atoms with Crippen molar-refractivity contribution in [1.29, 1.82) is 0 Å². The molecule has 168 valence electrons. The van der Waals surface area contributed by atoms with Crippen LogP contribution in [0.3, 0.4) is 0 Å². The molecule has 0 saturated heterocycles. The van der Waals surface area contributed by atoms with Gasteiger partial charge in [-0.15, -0.1) is 10.2 Å². The van der Waals surface area contributed by atoms with Crippen molar-refractivity contribution in [2.24, 2.45) is 0 Å². The van der Waals surface area contributed by atoms with Gasteiger partial charge >= 0.3 is 0 Å². The van der Waals surface area contributed by atoms with Crippen molar-refractivity contribution in [2.45, 2.75) is 30.8 Å². The molecule has 0 aliphatic carbocycles. The molecule has 1 heterocycles. The fourth-order valence-corrected chi connectivity index (χ4v) is 4.70. The lowest BCUT2D eigenvalue weighted by atomic mass is 10.1. The third-order valence-corrected chi connectivity index (χ3v) is 6.63. The maximum atomic E-state index is 12.7. The van der Waals surface area contributed by atoms with Crippen LogP contribution < -0.4 is 5.32 Å². The fourth-order valence-electron chi connectivity index (χ4n) is 3.29. The first kappa shape index (κ1) is 23.4. The molecule has 33 heavy (non-hydrogen) atoms. The number of thioether (sulfide) groups is 1. The minimum Gasteiger partial charge on any atom is -0.345 e. The van der Waals surface area contributed by atoms with Gasteiger partial charge in [-0.3, -0.25) is 9.36 Å². The molecule has 0 aliphatic heterocycles. The second kappa shape index (κ2) is 10.9. The number of halogens is 2. The summed E-state index contributed by atoms with van der Waals surface area (Å²) >= 11 is 14.2. The summed E-state index contributed by atoms with van der Waals surface area (Å²) in [5, 5.41) is 13.4. The van der Waals surface area contributed by atoms with Gasteiger partial charge in [-0.05, 0) is 47.9 Å². The molecule has 1 aromatic heterocycles. The molecule has 5 nitrogen and oxygen atoms in total. The van der Waals surface area contributed by atoms with Crippen molar-refractivity contribution in [2.75, 3.05) is 0 Å². The van der Waals surface area contributed by atoms with Crippen molar-refractivity contribution in [3.05, 3.63) is 105 Å². The second-order valence-electron chi connectivity index (χ2n) is 7.34. The monoisotopic (exact) mass is 496 g/mol. The summed E-state index contributed by atoms with van der Waals surface area (Å²) in [6, 6.07) is 23.0. The largest absolute Gasteiger partial charge is 0.345 e. The lowest BCUT2D eigenvalue weighted by molar-refractivity contribution is 0.0949. The van der Waals surface area contributed by atoms with Gasteiger partial charge in [0, 0.05) is 16.3 Å². The van der Waals surface area contributed by atoms with Gasteiger partial charge < -0.3 is 5.32 Å². The van der Waals surface area contributed by atoms with E-state index < -0.39 is 0 Å². The van der Waals surface area contributed by atoms with Crippen LogP contribution >= 0.6 is 35.0 Å². The number of nitrogens with one attached hydrogen (secondary N) is 1. The summed E-state index contributed by atoms with van der Waals surface area (Å²) < 4.78 is 1.87. The Balaban J connectivity index is 1.58. The van der Waals surface area contributed by atoms with Gasteiger partial charge in [0.1, 0.15) is 0 Å². The van der Waals surface area contributed by atoms with E-state index in [0.29, 0.717) is 32.3 Å². The standard InChI is InChI=1S/C25H22Cl2N4OS/c1-2-17-8-10-19(11-9-17)24(32)28-15-23-29-30-25(33-16-18-6-4-3-5-7-18)31(23)22-13-12-20(26)14-21(22)27/h3-14H,2,15-16H2,1H3,(H,28,32). The van der Waals surface area contributed by atoms with Crippen LogP contribution in [0.2, 0.25) is 10.0 Å². The number of carbonyl (C=O) groups excluding carboxylic acids is 1. The molecule has 4 aromatic rings. The Hall–Kier alpha value is -2.80. The zero-order valence-corrected chi connectivity index (χ0v) is 20.3. The molecule has 8 heteroatoms. The van der Waals surface area contributed by atoms with Gasteiger partial charge in [0.15, 0.2) is 11.0 Å². The van der Waals surface area contributed by atoms with Crippen molar-refractivity contribution >= 4 is 40.9 Å². The summed E-state index contributed by atoms with van der Waals surface area (Å²) in [5.74, 6) is 1.13. The minimum atomic E-state index is -0.173. The van der Waals surface area contributed by atoms with E-state index in [1.165, 1.54) is 11.1 Å². The van der Waals surface area contributed by atoms with Crippen LogP contribution in [0.4, 0.5) is 0 Å². The van der Waals surface area contributed by atoms with Gasteiger partial charge in [-0.1, -0.05) is 84.4 Å². The fraction of sp³-hybridized carbons (Fsp3) is 0.160. The average Bonchev–Trinajstić information content (AvgIpc) is 3.24. The van der Waals surface area contributed by atoms with Crippen molar-refractivity contribution in [1.82, 2.24) is 20.1 Å². The van der Waals surface area contributed by atoms with E-state index in [-0.39, 0.29) is 12.5 Å². The van der Waals surface area contributed by atoms with Crippen molar-refractivity contribution < 1.29 is 4.79 Å². The number of amides is 1. The number of aromatic nitrogens is 3. The van der Waals surface area contributed by atoms with E-state index in [1.54, 1.807) is 23.9 Å². The number of hydrogen-bond donors (Lipinski definition) is 1. The van der Waals surface area contributed by atoms with Crippen molar-refractivity contribution in [3.63, 3.8) is 0 Å². The predicted octanol–water partition coefficient (Wildman–Crippen LogP) is 6.36. The minimum absolute atomic E-state index is 0.173. The van der Waals surface area contributed by atoms with Crippen LogP contribution in [-0.2, 0) is 18.7 Å². The molecule has 0 bridgehead atoms. The zero-order valence-electron chi connectivity index (χ0n) is 18.0. The Morgan fingerprint density at radius 1 is 0.970 bits per heavy atom. The van der Waals surface area contributed by atoms with Crippen LogP contribution in [0.15, 0.2) is 78.0 Å². The number of rotatable bonds is 8. The SMILES string of the molecule is CCc1ccc(C(=O)NCc2nnc(SCc3ccccc3)n2-c2ccc(Cl)cc2Cl)cc1. The Morgan fingerprint density at radius 3 is 2.42 bits per heavy atom. The van der Waals surface area contributed by atoms with E-state index in [9.17, 15) is 4.79 Å². The molecule has 0 saturated carbocycles. The zero-order chi connectivity index (χ0) is 23.2. The number of carbonyl (C=O) groups is 1. The highest BCUT2D eigenvalue weighted by Crippen LogP contribution is 2.30. The summed E-state index contributed by atoms with van der Waals surface area (Å²) in [6.07, 6.45) is 0.927. The maximum absolute atomic E-state index is 12.7. The van der Waals surface area contributed by atoms with E-state index in [0.717, 1.165) is 12.2 Å².